The molecule has 98 valence electrons. The predicted molar refractivity (Wildman–Crippen MR) is 72.7 cm³/mol. The lowest BCUT2D eigenvalue weighted by Gasteiger charge is -2.30. The van der Waals surface area contributed by atoms with Gasteiger partial charge in [-0.3, -0.25) is 4.79 Å². The first-order valence-corrected chi connectivity index (χ1v) is 6.71. The number of aromatic nitrogens is 1. The van der Waals surface area contributed by atoms with Crippen LogP contribution in [-0.4, -0.2) is 35.4 Å². The number of carbonyl (C=O) groups is 1. The molecule has 1 fully saturated rings. The third kappa shape index (κ3) is 3.00. The molecule has 1 atom stereocenters. The van der Waals surface area contributed by atoms with Gasteiger partial charge < -0.3 is 10.2 Å². The van der Waals surface area contributed by atoms with Crippen molar-refractivity contribution in [2.75, 3.05) is 25.0 Å². The fourth-order valence-corrected chi connectivity index (χ4v) is 2.37. The Bertz CT molecular complexity index is 419. The normalized spacial score (nSPS) is 19.7. The van der Waals surface area contributed by atoms with Crippen molar-refractivity contribution in [2.24, 2.45) is 5.92 Å². The summed E-state index contributed by atoms with van der Waals surface area (Å²) >= 11 is 0. The van der Waals surface area contributed by atoms with Gasteiger partial charge in [0.15, 0.2) is 0 Å². The molecule has 1 saturated heterocycles. The number of amides is 1. The third-order valence-corrected chi connectivity index (χ3v) is 3.27. The maximum absolute atomic E-state index is 12.3. The number of carbonyl (C=O) groups excluding carboxylic acids is 1. The lowest BCUT2D eigenvalue weighted by atomic mass is 10.00. The Hall–Kier alpha value is -1.58. The second-order valence-electron chi connectivity index (χ2n) is 4.94. The van der Waals surface area contributed by atoms with Crippen LogP contribution in [0.4, 0.5) is 5.82 Å². The smallest absolute Gasteiger partial charge is 0.272 e. The molecular formula is C14H21N3O. The maximum atomic E-state index is 12.3. The monoisotopic (exact) mass is 247 g/mol. The summed E-state index contributed by atoms with van der Waals surface area (Å²) in [7, 11) is 0. The lowest BCUT2D eigenvalue weighted by Crippen LogP contribution is -2.39. The number of likely N-dealkylation sites (tertiary alicyclic amines) is 1. The predicted octanol–water partition coefficient (Wildman–Crippen LogP) is 2.39. The standard InChI is InChI=1S/C14H21N3O/c1-3-15-13-8-4-7-12(16-13)14(18)17-9-5-6-11(2)10-17/h4,7-8,11H,3,5-6,9-10H2,1-2H3,(H,15,16). The first-order valence-electron chi connectivity index (χ1n) is 6.71. The second kappa shape index (κ2) is 5.85. The van der Waals surface area contributed by atoms with Gasteiger partial charge >= 0.3 is 0 Å². The van der Waals surface area contributed by atoms with Crippen molar-refractivity contribution in [2.45, 2.75) is 26.7 Å². The van der Waals surface area contributed by atoms with Gasteiger partial charge in [0.05, 0.1) is 0 Å². The quantitative estimate of drug-likeness (QED) is 0.892. The third-order valence-electron chi connectivity index (χ3n) is 3.27. The summed E-state index contributed by atoms with van der Waals surface area (Å²) in [6, 6.07) is 5.56. The highest BCUT2D eigenvalue weighted by Gasteiger charge is 2.22. The van der Waals surface area contributed by atoms with Crippen LogP contribution >= 0.6 is 0 Å². The number of rotatable bonds is 3. The van der Waals surface area contributed by atoms with Crippen molar-refractivity contribution >= 4 is 11.7 Å². The molecular weight excluding hydrogens is 226 g/mol. The van der Waals surface area contributed by atoms with Crippen LogP contribution in [0.2, 0.25) is 0 Å². The fraction of sp³-hybridized carbons (Fsp3) is 0.571. The van der Waals surface area contributed by atoms with E-state index >= 15 is 0 Å². The number of pyridine rings is 1. The topological polar surface area (TPSA) is 45.2 Å². The largest absolute Gasteiger partial charge is 0.370 e. The maximum Gasteiger partial charge on any atom is 0.272 e. The summed E-state index contributed by atoms with van der Waals surface area (Å²) in [6.07, 6.45) is 2.31. The van der Waals surface area contributed by atoms with E-state index in [-0.39, 0.29) is 5.91 Å². The first kappa shape index (κ1) is 12.9. The van der Waals surface area contributed by atoms with Crippen molar-refractivity contribution in [1.82, 2.24) is 9.88 Å². The van der Waals surface area contributed by atoms with Crippen LogP contribution in [0.5, 0.6) is 0 Å². The van der Waals surface area contributed by atoms with Gasteiger partial charge in [0.2, 0.25) is 0 Å². The molecule has 4 heteroatoms. The van der Waals surface area contributed by atoms with Crippen LogP contribution in [0.3, 0.4) is 0 Å². The van der Waals surface area contributed by atoms with Crippen LogP contribution in [0.15, 0.2) is 18.2 Å². The fourth-order valence-electron chi connectivity index (χ4n) is 2.37. The summed E-state index contributed by atoms with van der Waals surface area (Å²) in [5.74, 6) is 1.43. The Morgan fingerprint density at radius 2 is 2.39 bits per heavy atom. The molecule has 0 aromatic carbocycles. The molecule has 1 aliphatic heterocycles. The molecule has 1 aromatic heterocycles. The molecule has 1 amide bonds. The Kier molecular flexibility index (Phi) is 4.18. The van der Waals surface area contributed by atoms with Crippen LogP contribution in [0.25, 0.3) is 0 Å². The number of piperidine rings is 1. The Labute approximate surface area is 108 Å². The highest BCUT2D eigenvalue weighted by atomic mass is 16.2. The van der Waals surface area contributed by atoms with Crippen LogP contribution in [-0.2, 0) is 0 Å². The minimum Gasteiger partial charge on any atom is -0.370 e. The van der Waals surface area contributed by atoms with E-state index in [1.807, 2.05) is 24.0 Å². The molecule has 1 aliphatic rings. The highest BCUT2D eigenvalue weighted by molar-refractivity contribution is 5.92. The molecule has 1 unspecified atom stereocenters. The van der Waals surface area contributed by atoms with E-state index in [0.29, 0.717) is 11.6 Å². The van der Waals surface area contributed by atoms with E-state index in [4.69, 9.17) is 0 Å². The minimum atomic E-state index is 0.0568. The van der Waals surface area contributed by atoms with Crippen molar-refractivity contribution in [1.29, 1.82) is 0 Å². The Morgan fingerprint density at radius 3 is 3.11 bits per heavy atom. The zero-order valence-electron chi connectivity index (χ0n) is 11.1. The Morgan fingerprint density at radius 1 is 1.56 bits per heavy atom. The number of nitrogens with one attached hydrogen (secondary N) is 1. The molecule has 0 spiro atoms. The molecule has 18 heavy (non-hydrogen) atoms. The zero-order chi connectivity index (χ0) is 13.0. The van der Waals surface area contributed by atoms with Crippen LogP contribution in [0, 0.1) is 5.92 Å². The van der Waals surface area contributed by atoms with Gasteiger partial charge in [-0.2, -0.15) is 0 Å². The molecule has 2 heterocycles. The van der Waals surface area contributed by atoms with E-state index in [0.717, 1.165) is 31.9 Å². The number of anilines is 1. The van der Waals surface area contributed by atoms with Crippen molar-refractivity contribution < 1.29 is 4.79 Å². The van der Waals surface area contributed by atoms with E-state index in [9.17, 15) is 4.79 Å². The van der Waals surface area contributed by atoms with E-state index in [1.165, 1.54) is 6.42 Å². The summed E-state index contributed by atoms with van der Waals surface area (Å²) < 4.78 is 0. The average Bonchev–Trinajstić information content (AvgIpc) is 2.39. The van der Waals surface area contributed by atoms with E-state index in [1.54, 1.807) is 6.07 Å². The van der Waals surface area contributed by atoms with Gasteiger partial charge in [-0.25, -0.2) is 4.98 Å². The first-order chi connectivity index (χ1) is 8.70. The van der Waals surface area contributed by atoms with Crippen LogP contribution in [0.1, 0.15) is 37.2 Å². The SMILES string of the molecule is CCNc1cccc(C(=O)N2CCCC(C)C2)n1. The summed E-state index contributed by atoms with van der Waals surface area (Å²) in [5, 5.41) is 3.13. The van der Waals surface area contributed by atoms with Gasteiger partial charge in [-0.15, -0.1) is 0 Å². The minimum absolute atomic E-state index is 0.0568. The molecule has 1 N–H and O–H groups in total. The molecule has 0 radical (unpaired) electrons. The van der Waals surface area contributed by atoms with Crippen LogP contribution < -0.4 is 5.32 Å². The van der Waals surface area contributed by atoms with Gasteiger partial charge in [0.1, 0.15) is 11.5 Å². The number of hydrogen-bond acceptors (Lipinski definition) is 3. The lowest BCUT2D eigenvalue weighted by molar-refractivity contribution is 0.0677. The van der Waals surface area contributed by atoms with Gasteiger partial charge in [0, 0.05) is 19.6 Å². The van der Waals surface area contributed by atoms with Crippen molar-refractivity contribution in [3.8, 4) is 0 Å². The Balaban J connectivity index is 2.10. The van der Waals surface area contributed by atoms with Crippen molar-refractivity contribution in [3.05, 3.63) is 23.9 Å². The van der Waals surface area contributed by atoms with Crippen molar-refractivity contribution in [3.63, 3.8) is 0 Å². The zero-order valence-corrected chi connectivity index (χ0v) is 11.1. The molecule has 4 nitrogen and oxygen atoms in total. The molecule has 2 rings (SSSR count). The van der Waals surface area contributed by atoms with Gasteiger partial charge in [-0.1, -0.05) is 13.0 Å². The van der Waals surface area contributed by atoms with E-state index in [2.05, 4.69) is 17.2 Å². The van der Waals surface area contributed by atoms with Gasteiger partial charge in [-0.05, 0) is 37.8 Å². The van der Waals surface area contributed by atoms with E-state index < -0.39 is 0 Å². The highest BCUT2D eigenvalue weighted by Crippen LogP contribution is 2.17. The number of hydrogen-bond donors (Lipinski definition) is 1. The summed E-state index contributed by atoms with van der Waals surface area (Å²) in [5.41, 5.74) is 0.544. The number of nitrogens with zero attached hydrogens (tertiary/aromatic N) is 2. The summed E-state index contributed by atoms with van der Waals surface area (Å²) in [4.78, 5) is 18.6. The van der Waals surface area contributed by atoms with Gasteiger partial charge in [0.25, 0.3) is 5.91 Å². The second-order valence-corrected chi connectivity index (χ2v) is 4.94. The average molecular weight is 247 g/mol. The molecule has 0 bridgehead atoms. The molecule has 0 aliphatic carbocycles. The molecule has 1 aromatic rings. The molecule has 0 saturated carbocycles. The summed E-state index contributed by atoms with van der Waals surface area (Å²) in [6.45, 7) is 6.73.